The minimum absolute atomic E-state index is 0.00464. The van der Waals surface area contributed by atoms with E-state index >= 15 is 0 Å². The fourth-order valence-electron chi connectivity index (χ4n) is 6.48. The van der Waals surface area contributed by atoms with Gasteiger partial charge in [-0.15, -0.1) is 0 Å². The minimum Gasteiger partial charge on any atom is -0.467 e. The largest absolute Gasteiger partial charge is 0.467 e. The van der Waals surface area contributed by atoms with Crippen LogP contribution in [-0.2, 0) is 38.3 Å². The summed E-state index contributed by atoms with van der Waals surface area (Å²) in [6.07, 6.45) is -14.1. The van der Waals surface area contributed by atoms with Crippen LogP contribution in [0, 0.1) is 5.92 Å². The average molecular weight is 731 g/mol. The second kappa shape index (κ2) is 18.0. The standard InChI is InChI=1S/C28H54N6O14S/c29-3-6-49(41,42)11-12-7-15(32)23(46-26-14(31)2-1-13(43-26)9-34-4-5-35)25(19(12)37)48-28-22(40)24(17(10-36)45-28)47-27-18(33)21(39)20(38)16(8-30)44-27/h1,12,14-28,34-40H,2-11,29-33H2/t12-,14+,15-,16-,17+,18+,19-,20+,21+,22+,23+,24+,25+,26+,27+,28-/m0/s1. The van der Waals surface area contributed by atoms with E-state index in [0.717, 1.165) is 0 Å². The number of nitrogens with one attached hydrogen (secondary N) is 1. The number of aliphatic hydroxyl groups excluding tert-OH is 6. The zero-order valence-corrected chi connectivity index (χ0v) is 27.9. The average Bonchev–Trinajstić information content (AvgIpc) is 3.35. The molecule has 49 heavy (non-hydrogen) atoms. The lowest BCUT2D eigenvalue weighted by atomic mass is 9.80. The van der Waals surface area contributed by atoms with Gasteiger partial charge in [0.1, 0.15) is 54.6 Å². The van der Waals surface area contributed by atoms with Gasteiger partial charge in [-0.25, -0.2) is 8.42 Å². The van der Waals surface area contributed by atoms with Crippen molar-refractivity contribution in [2.75, 3.05) is 50.9 Å². The molecule has 0 aromatic heterocycles. The Morgan fingerprint density at radius 2 is 1.51 bits per heavy atom. The van der Waals surface area contributed by atoms with Crippen molar-refractivity contribution in [1.29, 1.82) is 0 Å². The van der Waals surface area contributed by atoms with Crippen molar-refractivity contribution < 1.29 is 67.5 Å². The third-order valence-electron chi connectivity index (χ3n) is 9.18. The lowest BCUT2D eigenvalue weighted by molar-refractivity contribution is -0.283. The molecule has 17 N–H and O–H groups in total. The van der Waals surface area contributed by atoms with Crippen LogP contribution in [0.15, 0.2) is 11.8 Å². The van der Waals surface area contributed by atoms with E-state index < -0.39 is 120 Å². The quantitative estimate of drug-likeness (QED) is 0.0656. The van der Waals surface area contributed by atoms with E-state index in [-0.39, 0.29) is 38.4 Å². The molecule has 0 aromatic carbocycles. The van der Waals surface area contributed by atoms with Crippen molar-refractivity contribution in [3.05, 3.63) is 11.8 Å². The first-order valence-electron chi connectivity index (χ1n) is 16.4. The molecule has 0 unspecified atom stereocenters. The van der Waals surface area contributed by atoms with E-state index in [1.807, 2.05) is 0 Å². The van der Waals surface area contributed by atoms with Crippen LogP contribution in [0.2, 0.25) is 0 Å². The maximum atomic E-state index is 12.7. The summed E-state index contributed by atoms with van der Waals surface area (Å²) >= 11 is 0. The summed E-state index contributed by atoms with van der Waals surface area (Å²) in [6, 6.07) is -2.85. The molecule has 20 nitrogen and oxygen atoms in total. The fraction of sp³-hybridized carbons (Fsp3) is 0.929. The topological polar surface area (TPSA) is 353 Å². The number of ether oxygens (including phenoxy) is 6. The molecule has 16 atom stereocenters. The van der Waals surface area contributed by atoms with Gasteiger partial charge in [-0.2, -0.15) is 0 Å². The maximum Gasteiger partial charge on any atom is 0.215 e. The molecular weight excluding hydrogens is 676 g/mol. The van der Waals surface area contributed by atoms with Crippen molar-refractivity contribution in [2.24, 2.45) is 34.6 Å². The van der Waals surface area contributed by atoms with Crippen LogP contribution in [-0.4, -0.2) is 182 Å². The second-order valence-electron chi connectivity index (χ2n) is 12.9. The predicted octanol–water partition coefficient (Wildman–Crippen LogP) is -7.43. The highest BCUT2D eigenvalue weighted by Crippen LogP contribution is 2.36. The van der Waals surface area contributed by atoms with E-state index in [4.69, 9.17) is 62.2 Å². The van der Waals surface area contributed by atoms with E-state index in [9.17, 15) is 34.0 Å². The first-order valence-corrected chi connectivity index (χ1v) is 18.2. The fourth-order valence-corrected chi connectivity index (χ4v) is 8.00. The molecule has 286 valence electrons. The molecule has 4 aliphatic rings. The van der Waals surface area contributed by atoms with Crippen LogP contribution in [0.25, 0.3) is 0 Å². The normalized spacial score (nSPS) is 43.3. The Bertz CT molecular complexity index is 1170. The number of hydrogen-bond acceptors (Lipinski definition) is 20. The van der Waals surface area contributed by atoms with Gasteiger partial charge in [0.2, 0.25) is 6.29 Å². The number of sulfone groups is 1. The Labute approximate surface area is 284 Å². The van der Waals surface area contributed by atoms with Crippen molar-refractivity contribution in [2.45, 2.75) is 105 Å². The third-order valence-corrected chi connectivity index (χ3v) is 11.0. The van der Waals surface area contributed by atoms with Crippen LogP contribution in [0.5, 0.6) is 0 Å². The lowest BCUT2D eigenvalue weighted by Gasteiger charge is -2.46. The van der Waals surface area contributed by atoms with Crippen LogP contribution >= 0.6 is 0 Å². The molecule has 1 saturated carbocycles. The Kier molecular flexibility index (Phi) is 14.9. The van der Waals surface area contributed by atoms with Gasteiger partial charge in [0.05, 0.1) is 49.5 Å². The number of rotatable bonds is 16. The molecule has 2 saturated heterocycles. The van der Waals surface area contributed by atoms with Crippen LogP contribution in [0.1, 0.15) is 12.8 Å². The Morgan fingerprint density at radius 3 is 2.16 bits per heavy atom. The Balaban J connectivity index is 1.55. The summed E-state index contributed by atoms with van der Waals surface area (Å²) in [7, 11) is -3.70. The van der Waals surface area contributed by atoms with Gasteiger partial charge in [-0.1, -0.05) is 0 Å². The van der Waals surface area contributed by atoms with Crippen molar-refractivity contribution in [1.82, 2.24) is 5.32 Å². The summed E-state index contributed by atoms with van der Waals surface area (Å²) in [5, 5.41) is 65.7. The molecule has 0 amide bonds. The number of nitrogens with two attached hydrogens (primary N) is 5. The summed E-state index contributed by atoms with van der Waals surface area (Å²) in [5.41, 5.74) is 30.0. The van der Waals surface area contributed by atoms with E-state index in [1.54, 1.807) is 6.08 Å². The highest BCUT2D eigenvalue weighted by molar-refractivity contribution is 7.91. The molecule has 1 aliphatic carbocycles. The molecule has 3 heterocycles. The number of aliphatic hydroxyl groups is 6. The van der Waals surface area contributed by atoms with Crippen LogP contribution in [0.3, 0.4) is 0 Å². The molecule has 0 spiro atoms. The van der Waals surface area contributed by atoms with E-state index in [2.05, 4.69) is 5.32 Å². The highest BCUT2D eigenvalue weighted by atomic mass is 32.2. The van der Waals surface area contributed by atoms with Gasteiger partial charge >= 0.3 is 0 Å². The lowest BCUT2D eigenvalue weighted by Crippen LogP contribution is -2.64. The van der Waals surface area contributed by atoms with Gasteiger partial charge in [-0.05, 0) is 18.9 Å². The second-order valence-corrected chi connectivity index (χ2v) is 15.1. The predicted molar refractivity (Wildman–Crippen MR) is 169 cm³/mol. The van der Waals surface area contributed by atoms with Gasteiger partial charge in [0.15, 0.2) is 22.4 Å². The Morgan fingerprint density at radius 1 is 0.837 bits per heavy atom. The first-order chi connectivity index (χ1) is 23.2. The minimum atomic E-state index is -3.70. The van der Waals surface area contributed by atoms with Crippen molar-refractivity contribution in [3.63, 3.8) is 0 Å². The van der Waals surface area contributed by atoms with Gasteiger partial charge in [-0.3, -0.25) is 0 Å². The maximum absolute atomic E-state index is 12.7. The third kappa shape index (κ3) is 9.82. The van der Waals surface area contributed by atoms with E-state index in [1.165, 1.54) is 0 Å². The molecule has 0 radical (unpaired) electrons. The molecule has 4 rings (SSSR count). The first kappa shape index (κ1) is 40.6. The smallest absolute Gasteiger partial charge is 0.215 e. The molecule has 3 fully saturated rings. The summed E-state index contributed by atoms with van der Waals surface area (Å²) in [5.74, 6) is -1.21. The van der Waals surface area contributed by atoms with Gasteiger partial charge < -0.3 is 93.0 Å². The van der Waals surface area contributed by atoms with E-state index in [0.29, 0.717) is 18.7 Å². The van der Waals surface area contributed by atoms with Crippen LogP contribution < -0.4 is 34.0 Å². The van der Waals surface area contributed by atoms with Crippen molar-refractivity contribution in [3.8, 4) is 0 Å². The Hall–Kier alpha value is -1.19. The van der Waals surface area contributed by atoms with Crippen LogP contribution in [0.4, 0.5) is 0 Å². The molecular formula is C28H54N6O14S. The highest BCUT2D eigenvalue weighted by Gasteiger charge is 2.54. The summed E-state index contributed by atoms with van der Waals surface area (Å²) in [6.45, 7) is -0.466. The molecule has 21 heteroatoms. The zero-order valence-electron chi connectivity index (χ0n) is 27.1. The summed E-state index contributed by atoms with van der Waals surface area (Å²) < 4.78 is 61.1. The molecule has 0 bridgehead atoms. The van der Waals surface area contributed by atoms with Gasteiger partial charge in [0.25, 0.3) is 0 Å². The zero-order chi connectivity index (χ0) is 36.0. The molecule has 0 aromatic rings. The van der Waals surface area contributed by atoms with Crippen molar-refractivity contribution >= 4 is 9.84 Å². The number of hydrogen-bond donors (Lipinski definition) is 12. The summed E-state index contributed by atoms with van der Waals surface area (Å²) in [4.78, 5) is 0. The monoisotopic (exact) mass is 730 g/mol. The van der Waals surface area contributed by atoms with Gasteiger partial charge in [0, 0.05) is 31.6 Å². The SMILES string of the molecule is NCCS(=O)(=O)C[C@@H]1C[C@H](N)[C@@H](O[C@H]2OC(CNCCO)=CC[C@H]2N)[C@H](O[C@@H]2O[C@H](CO)[C@@H](O[C@H]3O[C@@H](CN)[C@@H](O)[C@H](O)[C@H]3N)[C@H]2O)[C@H]1O. The molecule has 3 aliphatic heterocycles.